The van der Waals surface area contributed by atoms with Gasteiger partial charge in [-0.3, -0.25) is 4.79 Å². The number of nitrogens with zero attached hydrogens (tertiary/aromatic N) is 1. The molecule has 1 amide bonds. The maximum Gasteiger partial charge on any atom is 0.266 e. The molecule has 0 aliphatic carbocycles. The minimum atomic E-state index is -0.524. The number of carbonyl (C=O) groups is 1. The van der Waals surface area contributed by atoms with Crippen molar-refractivity contribution in [1.29, 1.82) is 5.26 Å². The summed E-state index contributed by atoms with van der Waals surface area (Å²) >= 11 is 6.15. The Bertz CT molecular complexity index is 1200. The fraction of sp³-hybridized carbons (Fsp3) is 0.185. The summed E-state index contributed by atoms with van der Waals surface area (Å²) in [4.78, 5) is 12.7. The Morgan fingerprint density at radius 3 is 2.47 bits per heavy atom. The molecule has 0 atom stereocenters. The number of nitriles is 1. The first kappa shape index (κ1) is 24.7. The summed E-state index contributed by atoms with van der Waals surface area (Å²) in [7, 11) is 1.57. The van der Waals surface area contributed by atoms with E-state index in [4.69, 9.17) is 25.8 Å². The van der Waals surface area contributed by atoms with Crippen molar-refractivity contribution < 1.29 is 19.0 Å². The Kier molecular flexibility index (Phi) is 8.96. The molecular formula is C27H25ClN2O4. The van der Waals surface area contributed by atoms with Crippen molar-refractivity contribution in [1.82, 2.24) is 0 Å². The predicted molar refractivity (Wildman–Crippen MR) is 133 cm³/mol. The smallest absolute Gasteiger partial charge is 0.266 e. The summed E-state index contributed by atoms with van der Waals surface area (Å²) in [5.41, 5.74) is 1.98. The van der Waals surface area contributed by atoms with Gasteiger partial charge >= 0.3 is 0 Å². The summed E-state index contributed by atoms with van der Waals surface area (Å²) in [6.45, 7) is 2.83. The van der Waals surface area contributed by atoms with Crippen LogP contribution in [0.1, 0.15) is 24.5 Å². The number of benzene rings is 3. The summed E-state index contributed by atoms with van der Waals surface area (Å²) in [6.07, 6.45) is 2.32. The highest BCUT2D eigenvalue weighted by Crippen LogP contribution is 2.27. The highest BCUT2D eigenvalue weighted by Gasteiger charge is 2.12. The lowest BCUT2D eigenvalue weighted by Gasteiger charge is -2.11. The maximum atomic E-state index is 12.7. The summed E-state index contributed by atoms with van der Waals surface area (Å²) in [5.74, 6) is 1.28. The van der Waals surface area contributed by atoms with Crippen molar-refractivity contribution in [3.63, 3.8) is 0 Å². The second-order valence-corrected chi connectivity index (χ2v) is 7.69. The van der Waals surface area contributed by atoms with Crippen molar-refractivity contribution in [3.8, 4) is 23.3 Å². The maximum absolute atomic E-state index is 12.7. The molecule has 0 saturated heterocycles. The van der Waals surface area contributed by atoms with Crippen molar-refractivity contribution in [3.05, 3.63) is 88.5 Å². The molecule has 0 fully saturated rings. The minimum Gasteiger partial charge on any atom is -0.497 e. The highest BCUT2D eigenvalue weighted by molar-refractivity contribution is 6.31. The first-order valence-electron chi connectivity index (χ1n) is 10.7. The Hall–Kier alpha value is -3.95. The zero-order valence-corrected chi connectivity index (χ0v) is 19.8. The number of nitrogens with one attached hydrogen (secondary N) is 1. The fourth-order valence-electron chi connectivity index (χ4n) is 3.01. The number of hydrogen-bond acceptors (Lipinski definition) is 5. The van der Waals surface area contributed by atoms with E-state index in [1.807, 2.05) is 37.3 Å². The second-order valence-electron chi connectivity index (χ2n) is 7.28. The van der Waals surface area contributed by atoms with Crippen LogP contribution in [0.3, 0.4) is 0 Å². The number of rotatable bonds is 10. The number of hydrogen-bond donors (Lipinski definition) is 1. The van der Waals surface area contributed by atoms with Gasteiger partial charge in [0.05, 0.1) is 13.7 Å². The van der Waals surface area contributed by atoms with Crippen LogP contribution in [0.15, 0.2) is 72.3 Å². The molecule has 0 aliphatic rings. The van der Waals surface area contributed by atoms with Crippen LogP contribution in [0, 0.1) is 11.3 Å². The van der Waals surface area contributed by atoms with Gasteiger partial charge in [-0.05, 0) is 55.0 Å². The Morgan fingerprint density at radius 2 is 1.79 bits per heavy atom. The van der Waals surface area contributed by atoms with Crippen molar-refractivity contribution in [2.75, 3.05) is 19.0 Å². The molecule has 0 radical (unpaired) electrons. The monoisotopic (exact) mass is 476 g/mol. The lowest BCUT2D eigenvalue weighted by atomic mass is 10.1. The SMILES string of the molecule is CCCOc1cc(OC)ccc1/C=C(\C#N)C(=O)Nc1ccc(OCc2ccccc2Cl)cc1. The average Bonchev–Trinajstić information content (AvgIpc) is 2.86. The molecule has 0 unspecified atom stereocenters. The van der Waals surface area contributed by atoms with Crippen molar-refractivity contribution in [2.45, 2.75) is 20.0 Å². The van der Waals surface area contributed by atoms with Gasteiger partial charge in [-0.2, -0.15) is 5.26 Å². The van der Waals surface area contributed by atoms with E-state index in [9.17, 15) is 10.1 Å². The summed E-state index contributed by atoms with van der Waals surface area (Å²) < 4.78 is 16.8. The molecule has 0 saturated carbocycles. The van der Waals surface area contributed by atoms with Crippen LogP contribution < -0.4 is 19.5 Å². The molecular weight excluding hydrogens is 452 g/mol. The molecule has 174 valence electrons. The summed E-state index contributed by atoms with van der Waals surface area (Å²) in [5, 5.41) is 13.0. The van der Waals surface area contributed by atoms with E-state index >= 15 is 0 Å². The molecule has 3 aromatic carbocycles. The van der Waals surface area contributed by atoms with E-state index in [1.165, 1.54) is 6.08 Å². The van der Waals surface area contributed by atoms with Crippen molar-refractivity contribution in [2.24, 2.45) is 0 Å². The second kappa shape index (κ2) is 12.3. The highest BCUT2D eigenvalue weighted by atomic mass is 35.5. The molecule has 0 spiro atoms. The van der Waals surface area contributed by atoms with Crippen LogP contribution in [0.5, 0.6) is 17.2 Å². The predicted octanol–water partition coefficient (Wildman–Crippen LogP) is 6.26. The first-order chi connectivity index (χ1) is 16.5. The number of halogens is 1. The van der Waals surface area contributed by atoms with Gasteiger partial charge in [-0.15, -0.1) is 0 Å². The molecule has 6 nitrogen and oxygen atoms in total. The third-order valence-corrected chi connectivity index (χ3v) is 5.18. The lowest BCUT2D eigenvalue weighted by molar-refractivity contribution is -0.112. The van der Waals surface area contributed by atoms with E-state index < -0.39 is 5.91 Å². The number of methoxy groups -OCH3 is 1. The molecule has 0 bridgehead atoms. The molecule has 34 heavy (non-hydrogen) atoms. The van der Waals surface area contributed by atoms with Crippen molar-refractivity contribution >= 4 is 29.3 Å². The van der Waals surface area contributed by atoms with Crippen LogP contribution in [-0.2, 0) is 11.4 Å². The van der Waals surface area contributed by atoms with E-state index in [2.05, 4.69) is 5.32 Å². The van der Waals surface area contributed by atoms with Crippen LogP contribution in [-0.4, -0.2) is 19.6 Å². The van der Waals surface area contributed by atoms with E-state index in [1.54, 1.807) is 49.6 Å². The topological polar surface area (TPSA) is 80.6 Å². The zero-order chi connectivity index (χ0) is 24.3. The van der Waals surface area contributed by atoms with Crippen LogP contribution in [0.2, 0.25) is 5.02 Å². The molecule has 0 aliphatic heterocycles. The van der Waals surface area contributed by atoms with E-state index in [-0.39, 0.29) is 5.57 Å². The summed E-state index contributed by atoms with van der Waals surface area (Å²) in [6, 6.07) is 21.5. The van der Waals surface area contributed by atoms with Gasteiger partial charge in [0.1, 0.15) is 35.5 Å². The quantitative estimate of drug-likeness (QED) is 0.276. The fourth-order valence-corrected chi connectivity index (χ4v) is 3.20. The molecule has 3 aromatic rings. The largest absolute Gasteiger partial charge is 0.497 e. The molecule has 0 aromatic heterocycles. The van der Waals surface area contributed by atoms with Crippen LogP contribution in [0.25, 0.3) is 6.08 Å². The van der Waals surface area contributed by atoms with Gasteiger partial charge in [0.15, 0.2) is 0 Å². The average molecular weight is 477 g/mol. The molecule has 3 rings (SSSR count). The Labute approximate surface area is 204 Å². The van der Waals surface area contributed by atoms with Gasteiger partial charge in [0, 0.05) is 27.9 Å². The van der Waals surface area contributed by atoms with Crippen LogP contribution in [0.4, 0.5) is 5.69 Å². The normalized spacial score (nSPS) is 10.8. The van der Waals surface area contributed by atoms with Gasteiger partial charge in [0.25, 0.3) is 5.91 Å². The number of amides is 1. The first-order valence-corrected chi connectivity index (χ1v) is 11.1. The van der Waals surface area contributed by atoms with Gasteiger partial charge in [-0.25, -0.2) is 0 Å². The zero-order valence-electron chi connectivity index (χ0n) is 19.0. The third kappa shape index (κ3) is 6.77. The third-order valence-electron chi connectivity index (χ3n) is 4.81. The van der Waals surface area contributed by atoms with Crippen LogP contribution >= 0.6 is 11.6 Å². The Balaban J connectivity index is 1.68. The molecule has 0 heterocycles. The lowest BCUT2D eigenvalue weighted by Crippen LogP contribution is -2.13. The number of ether oxygens (including phenoxy) is 3. The number of carbonyl (C=O) groups excluding carboxylic acids is 1. The molecule has 1 N–H and O–H groups in total. The van der Waals surface area contributed by atoms with Gasteiger partial charge in [0.2, 0.25) is 0 Å². The van der Waals surface area contributed by atoms with E-state index in [0.717, 1.165) is 12.0 Å². The number of anilines is 1. The minimum absolute atomic E-state index is 0.0504. The van der Waals surface area contributed by atoms with Gasteiger partial charge < -0.3 is 19.5 Å². The van der Waals surface area contributed by atoms with E-state index in [0.29, 0.717) is 46.7 Å². The molecule has 7 heteroatoms. The Morgan fingerprint density at radius 1 is 1.06 bits per heavy atom. The standard InChI is InChI=1S/C27H25ClN2O4/c1-3-14-33-26-16-24(32-2)11-8-19(26)15-21(17-29)27(31)30-22-9-12-23(13-10-22)34-18-20-6-4-5-7-25(20)28/h4-13,15-16H,3,14,18H2,1-2H3,(H,30,31)/b21-15+. The van der Waals surface area contributed by atoms with Gasteiger partial charge in [-0.1, -0.05) is 36.7 Å².